The maximum absolute atomic E-state index is 12.2. The molecule has 0 aromatic heterocycles. The van der Waals surface area contributed by atoms with Crippen LogP contribution in [-0.4, -0.2) is 47.2 Å². The number of urea groups is 1. The summed E-state index contributed by atoms with van der Waals surface area (Å²) < 4.78 is 10.9. The molecule has 0 saturated carbocycles. The van der Waals surface area contributed by atoms with Gasteiger partial charge in [0.05, 0.1) is 18.9 Å². The summed E-state index contributed by atoms with van der Waals surface area (Å²) in [4.78, 5) is 24.2. The van der Waals surface area contributed by atoms with Gasteiger partial charge in [0.1, 0.15) is 11.3 Å². The molecule has 8 nitrogen and oxygen atoms in total. The van der Waals surface area contributed by atoms with E-state index >= 15 is 0 Å². The molecular formula is C12H22N4O4. The minimum absolute atomic E-state index is 0.260. The molecule has 1 saturated heterocycles. The van der Waals surface area contributed by atoms with Gasteiger partial charge in [0.15, 0.2) is 0 Å². The second-order valence-electron chi connectivity index (χ2n) is 5.93. The van der Waals surface area contributed by atoms with E-state index in [4.69, 9.17) is 15.2 Å². The van der Waals surface area contributed by atoms with Crippen LogP contribution < -0.4 is 11.2 Å². The van der Waals surface area contributed by atoms with Gasteiger partial charge in [-0.25, -0.2) is 15.0 Å². The van der Waals surface area contributed by atoms with Crippen LogP contribution in [0, 0.1) is 0 Å². The van der Waals surface area contributed by atoms with Gasteiger partial charge in [0.25, 0.3) is 0 Å². The fourth-order valence-electron chi connectivity index (χ4n) is 1.80. The van der Waals surface area contributed by atoms with Gasteiger partial charge >= 0.3 is 12.1 Å². The number of rotatable bonds is 2. The largest absolute Gasteiger partial charge is 0.444 e. The summed E-state index contributed by atoms with van der Waals surface area (Å²) in [7, 11) is 0. The first kappa shape index (κ1) is 16.2. The second kappa shape index (κ2) is 5.66. The smallest absolute Gasteiger partial charge is 0.413 e. The predicted molar refractivity (Wildman–Crippen MR) is 73.1 cm³/mol. The summed E-state index contributed by atoms with van der Waals surface area (Å²) in [6.45, 7) is 9.13. The number of amides is 3. The molecule has 20 heavy (non-hydrogen) atoms. The number of hydrogen-bond donors (Lipinski definition) is 2. The summed E-state index contributed by atoms with van der Waals surface area (Å²) in [6, 6.07) is -1.21. The van der Waals surface area contributed by atoms with Crippen LogP contribution in [0.4, 0.5) is 9.59 Å². The van der Waals surface area contributed by atoms with Gasteiger partial charge in [-0.15, -0.1) is 0 Å². The van der Waals surface area contributed by atoms with Crippen molar-refractivity contribution in [1.29, 1.82) is 0 Å². The zero-order chi connectivity index (χ0) is 15.6. The molecule has 0 radical (unpaired) electrons. The molecule has 1 fully saturated rings. The zero-order valence-corrected chi connectivity index (χ0v) is 12.5. The molecule has 1 heterocycles. The van der Waals surface area contributed by atoms with E-state index in [9.17, 15) is 9.59 Å². The van der Waals surface area contributed by atoms with Gasteiger partial charge in [-0.1, -0.05) is 0 Å². The Labute approximate surface area is 118 Å². The van der Waals surface area contributed by atoms with Crippen LogP contribution in [0.5, 0.6) is 0 Å². The Morgan fingerprint density at radius 2 is 2.10 bits per heavy atom. The van der Waals surface area contributed by atoms with Crippen LogP contribution >= 0.6 is 0 Å². The minimum atomic E-state index is -0.814. The molecule has 114 valence electrons. The van der Waals surface area contributed by atoms with E-state index in [1.807, 2.05) is 0 Å². The van der Waals surface area contributed by atoms with Crippen LogP contribution in [0.15, 0.2) is 5.10 Å². The summed E-state index contributed by atoms with van der Waals surface area (Å²) in [6.07, 6.45) is 0.888. The summed E-state index contributed by atoms with van der Waals surface area (Å²) in [5.41, 5.74) is 5.57. The van der Waals surface area contributed by atoms with Crippen LogP contribution in [-0.2, 0) is 9.47 Å². The number of carbonyl (C=O) groups excluding carboxylic acids is 2. The molecular weight excluding hydrogens is 264 g/mol. The number of ether oxygens (including phenoxy) is 2. The number of hydrogen-bond acceptors (Lipinski definition) is 5. The Bertz CT molecular complexity index is 414. The lowest BCUT2D eigenvalue weighted by Gasteiger charge is -2.34. The predicted octanol–water partition coefficient (Wildman–Crippen LogP) is 1.01. The zero-order valence-electron chi connectivity index (χ0n) is 12.5. The van der Waals surface area contributed by atoms with Crippen molar-refractivity contribution in [3.8, 4) is 0 Å². The normalized spacial score (nSPS) is 22.1. The second-order valence-corrected chi connectivity index (χ2v) is 5.93. The Kier molecular flexibility index (Phi) is 4.59. The lowest BCUT2D eigenvalue weighted by molar-refractivity contribution is -0.0604. The van der Waals surface area contributed by atoms with E-state index in [0.717, 1.165) is 0 Å². The summed E-state index contributed by atoms with van der Waals surface area (Å²) in [5, 5.41) is 3.67. The third-order valence-electron chi connectivity index (χ3n) is 2.53. The number of hydrazone groups is 1. The van der Waals surface area contributed by atoms with Crippen molar-refractivity contribution in [2.24, 2.45) is 10.8 Å². The van der Waals surface area contributed by atoms with Crippen molar-refractivity contribution in [3.63, 3.8) is 0 Å². The van der Waals surface area contributed by atoms with Gasteiger partial charge in [-0.2, -0.15) is 5.10 Å². The highest BCUT2D eigenvalue weighted by atomic mass is 16.6. The number of nitrogens with one attached hydrogen (secondary N) is 1. The van der Waals surface area contributed by atoms with Gasteiger partial charge < -0.3 is 15.2 Å². The number of primary amides is 1. The molecule has 1 rings (SSSR count). The van der Waals surface area contributed by atoms with Crippen molar-refractivity contribution in [3.05, 3.63) is 0 Å². The van der Waals surface area contributed by atoms with E-state index < -0.39 is 29.5 Å². The highest BCUT2D eigenvalue weighted by Crippen LogP contribution is 2.28. The van der Waals surface area contributed by atoms with E-state index in [-0.39, 0.29) is 6.61 Å². The molecule has 3 amide bonds. The molecule has 1 aliphatic heterocycles. The molecule has 0 unspecified atom stereocenters. The Hall–Kier alpha value is -1.83. The molecule has 0 bridgehead atoms. The quantitative estimate of drug-likeness (QED) is 0.583. The van der Waals surface area contributed by atoms with Crippen molar-refractivity contribution < 1.29 is 19.1 Å². The van der Waals surface area contributed by atoms with Crippen molar-refractivity contribution in [2.45, 2.75) is 52.0 Å². The van der Waals surface area contributed by atoms with Gasteiger partial charge in [-0.3, -0.25) is 4.90 Å². The van der Waals surface area contributed by atoms with Crippen LogP contribution in [0.25, 0.3) is 0 Å². The van der Waals surface area contributed by atoms with E-state index in [1.54, 1.807) is 34.6 Å². The first-order valence-corrected chi connectivity index (χ1v) is 6.28. The van der Waals surface area contributed by atoms with Crippen molar-refractivity contribution >= 4 is 18.3 Å². The molecule has 3 N–H and O–H groups in total. The molecule has 0 aliphatic carbocycles. The van der Waals surface area contributed by atoms with Crippen molar-refractivity contribution in [1.82, 2.24) is 10.3 Å². The minimum Gasteiger partial charge on any atom is -0.444 e. The summed E-state index contributed by atoms with van der Waals surface area (Å²) in [5.74, 6) is 0. The van der Waals surface area contributed by atoms with Crippen LogP contribution in [0.1, 0.15) is 34.6 Å². The maximum Gasteiger partial charge on any atom is 0.413 e. The standard InChI is InChI=1S/C12H22N4O4/c1-11(2,3)20-10(18)16-8(6-14-15-9(13)17)7-19-12(16,4)5/h6,8H,7H2,1-5H3,(H3,13,15,17)/b14-6+/t8-/m1/s1. The Balaban J connectivity index is 2.82. The number of nitrogens with two attached hydrogens (primary N) is 1. The fourth-order valence-corrected chi connectivity index (χ4v) is 1.80. The Morgan fingerprint density at radius 1 is 1.50 bits per heavy atom. The monoisotopic (exact) mass is 286 g/mol. The lowest BCUT2D eigenvalue weighted by Crippen LogP contribution is -2.50. The molecule has 8 heteroatoms. The van der Waals surface area contributed by atoms with Crippen molar-refractivity contribution in [2.75, 3.05) is 6.61 Å². The first-order chi connectivity index (χ1) is 9.03. The first-order valence-electron chi connectivity index (χ1n) is 6.28. The average molecular weight is 286 g/mol. The highest BCUT2D eigenvalue weighted by Gasteiger charge is 2.45. The highest BCUT2D eigenvalue weighted by molar-refractivity contribution is 5.78. The molecule has 1 atom stereocenters. The van der Waals surface area contributed by atoms with E-state index in [0.29, 0.717) is 0 Å². The Morgan fingerprint density at radius 3 is 2.60 bits per heavy atom. The topological polar surface area (TPSA) is 106 Å². The average Bonchev–Trinajstić information content (AvgIpc) is 2.50. The van der Waals surface area contributed by atoms with Crippen LogP contribution in [0.3, 0.4) is 0 Å². The van der Waals surface area contributed by atoms with Gasteiger partial charge in [-0.05, 0) is 34.6 Å². The molecule has 0 aromatic carbocycles. The van der Waals surface area contributed by atoms with Crippen LogP contribution in [0.2, 0.25) is 0 Å². The lowest BCUT2D eigenvalue weighted by atomic mass is 10.2. The summed E-state index contributed by atoms with van der Waals surface area (Å²) >= 11 is 0. The van der Waals surface area contributed by atoms with Gasteiger partial charge in [0.2, 0.25) is 0 Å². The SMILES string of the molecule is CC(C)(C)OC(=O)N1[C@H](/C=N/NC(N)=O)COC1(C)C. The molecule has 1 aliphatic rings. The number of nitrogens with zero attached hydrogens (tertiary/aromatic N) is 2. The number of carbonyl (C=O) groups is 2. The molecule has 0 spiro atoms. The maximum atomic E-state index is 12.2. The third-order valence-corrected chi connectivity index (χ3v) is 2.53. The third kappa shape index (κ3) is 4.37. The fraction of sp³-hybridized carbons (Fsp3) is 0.750. The van der Waals surface area contributed by atoms with E-state index in [2.05, 4.69) is 10.5 Å². The molecule has 0 aromatic rings. The van der Waals surface area contributed by atoms with E-state index in [1.165, 1.54) is 11.1 Å². The van der Waals surface area contributed by atoms with Gasteiger partial charge in [0, 0.05) is 0 Å².